The van der Waals surface area contributed by atoms with E-state index in [0.717, 1.165) is 23.6 Å². The molecular formula is C10H15N3OS. The van der Waals surface area contributed by atoms with Gasteiger partial charge in [-0.25, -0.2) is 0 Å². The number of H-pyrrole nitrogens is 1. The molecule has 0 bridgehead atoms. The molecule has 0 radical (unpaired) electrons. The van der Waals surface area contributed by atoms with Crippen LogP contribution in [0, 0.1) is 6.92 Å². The minimum atomic E-state index is 0.0775. The number of thioether (sulfide) groups is 1. The largest absolute Gasteiger partial charge is 0.338 e. The van der Waals surface area contributed by atoms with E-state index in [-0.39, 0.29) is 5.91 Å². The van der Waals surface area contributed by atoms with Gasteiger partial charge >= 0.3 is 0 Å². The Kier molecular flexibility index (Phi) is 3.00. The molecule has 1 atom stereocenters. The van der Waals surface area contributed by atoms with E-state index in [9.17, 15) is 4.79 Å². The van der Waals surface area contributed by atoms with Crippen LogP contribution in [0.4, 0.5) is 0 Å². The highest BCUT2D eigenvalue weighted by Gasteiger charge is 2.25. The summed E-state index contributed by atoms with van der Waals surface area (Å²) in [4.78, 5) is 13.9. The Labute approximate surface area is 93.4 Å². The van der Waals surface area contributed by atoms with Crippen molar-refractivity contribution in [1.29, 1.82) is 0 Å². The van der Waals surface area contributed by atoms with E-state index in [2.05, 4.69) is 10.2 Å². The van der Waals surface area contributed by atoms with Crippen molar-refractivity contribution in [2.75, 3.05) is 18.6 Å². The lowest BCUT2D eigenvalue weighted by molar-refractivity contribution is 0.0747. The second-order valence-corrected chi connectivity index (χ2v) is 4.99. The van der Waals surface area contributed by atoms with Crippen LogP contribution in [0.15, 0.2) is 6.20 Å². The molecule has 1 aliphatic rings. The molecule has 15 heavy (non-hydrogen) atoms. The Bertz CT molecular complexity index is 357. The van der Waals surface area contributed by atoms with Gasteiger partial charge in [-0.1, -0.05) is 0 Å². The fourth-order valence-corrected chi connectivity index (χ4v) is 3.02. The van der Waals surface area contributed by atoms with Crippen LogP contribution in [0.1, 0.15) is 22.5 Å². The van der Waals surface area contributed by atoms with Crippen molar-refractivity contribution in [3.05, 3.63) is 17.5 Å². The van der Waals surface area contributed by atoms with Crippen LogP contribution in [-0.4, -0.2) is 45.6 Å². The number of aromatic nitrogens is 2. The molecule has 1 N–H and O–H groups in total. The zero-order valence-electron chi connectivity index (χ0n) is 8.99. The van der Waals surface area contributed by atoms with Crippen LogP contribution < -0.4 is 0 Å². The van der Waals surface area contributed by atoms with Crippen LogP contribution in [0.25, 0.3) is 0 Å². The van der Waals surface area contributed by atoms with Crippen molar-refractivity contribution >= 4 is 17.7 Å². The summed E-state index contributed by atoms with van der Waals surface area (Å²) < 4.78 is 0. The lowest BCUT2D eigenvalue weighted by Crippen LogP contribution is -2.37. The SMILES string of the molecule is Cc1[nH]ncc1C(=O)N(C)C1CCSC1. The van der Waals surface area contributed by atoms with Gasteiger partial charge in [-0.3, -0.25) is 9.89 Å². The van der Waals surface area contributed by atoms with Crippen LogP contribution >= 0.6 is 11.8 Å². The Balaban J connectivity index is 2.10. The number of nitrogens with zero attached hydrogens (tertiary/aromatic N) is 2. The van der Waals surface area contributed by atoms with Gasteiger partial charge in [-0.2, -0.15) is 16.9 Å². The Morgan fingerprint density at radius 3 is 3.07 bits per heavy atom. The number of carbonyl (C=O) groups is 1. The predicted octanol–water partition coefficient (Wildman–Crippen LogP) is 1.30. The monoisotopic (exact) mass is 225 g/mol. The van der Waals surface area contributed by atoms with Gasteiger partial charge in [-0.05, 0) is 19.1 Å². The van der Waals surface area contributed by atoms with Crippen LogP contribution in [0.2, 0.25) is 0 Å². The Morgan fingerprint density at radius 2 is 2.53 bits per heavy atom. The number of rotatable bonds is 2. The number of hydrogen-bond donors (Lipinski definition) is 1. The summed E-state index contributed by atoms with van der Waals surface area (Å²) in [6.45, 7) is 1.87. The Morgan fingerprint density at radius 1 is 1.73 bits per heavy atom. The van der Waals surface area contributed by atoms with Crippen LogP contribution in [0.5, 0.6) is 0 Å². The number of hydrogen-bond acceptors (Lipinski definition) is 3. The fraction of sp³-hybridized carbons (Fsp3) is 0.600. The van der Waals surface area contributed by atoms with Crippen molar-refractivity contribution in [3.8, 4) is 0 Å². The van der Waals surface area contributed by atoms with Crippen molar-refractivity contribution < 1.29 is 4.79 Å². The molecule has 1 aliphatic heterocycles. The molecule has 1 aromatic heterocycles. The molecule has 82 valence electrons. The summed E-state index contributed by atoms with van der Waals surface area (Å²) >= 11 is 1.91. The van der Waals surface area contributed by atoms with E-state index in [1.807, 2.05) is 30.6 Å². The normalized spacial score (nSPS) is 20.5. The lowest BCUT2D eigenvalue weighted by atomic mass is 10.2. The zero-order chi connectivity index (χ0) is 10.8. The van der Waals surface area contributed by atoms with Crippen LogP contribution in [0.3, 0.4) is 0 Å². The molecule has 0 spiro atoms. The van der Waals surface area contributed by atoms with Gasteiger partial charge in [0, 0.05) is 24.5 Å². The van der Waals surface area contributed by atoms with Crippen LogP contribution in [-0.2, 0) is 0 Å². The molecule has 1 fully saturated rings. The molecule has 1 unspecified atom stereocenters. The zero-order valence-corrected chi connectivity index (χ0v) is 9.80. The van der Waals surface area contributed by atoms with Gasteiger partial charge in [0.05, 0.1) is 11.8 Å². The summed E-state index contributed by atoms with van der Waals surface area (Å²) in [5.41, 5.74) is 1.53. The number of amides is 1. The number of carbonyl (C=O) groups excluding carboxylic acids is 1. The minimum Gasteiger partial charge on any atom is -0.338 e. The van der Waals surface area contributed by atoms with Gasteiger partial charge in [-0.15, -0.1) is 0 Å². The molecule has 0 saturated carbocycles. The summed E-state index contributed by atoms with van der Waals surface area (Å²) in [6, 6.07) is 0.386. The smallest absolute Gasteiger partial charge is 0.257 e. The van der Waals surface area contributed by atoms with E-state index >= 15 is 0 Å². The third-order valence-corrected chi connectivity index (χ3v) is 3.98. The van der Waals surface area contributed by atoms with Crippen molar-refractivity contribution in [3.63, 3.8) is 0 Å². The fourth-order valence-electron chi connectivity index (χ4n) is 1.75. The van der Waals surface area contributed by atoms with E-state index < -0.39 is 0 Å². The van der Waals surface area contributed by atoms with E-state index in [1.54, 1.807) is 6.20 Å². The number of nitrogens with one attached hydrogen (secondary N) is 1. The van der Waals surface area contributed by atoms with E-state index in [0.29, 0.717) is 11.6 Å². The molecule has 2 rings (SSSR count). The Hall–Kier alpha value is -0.970. The first kappa shape index (κ1) is 10.5. The number of aromatic amines is 1. The summed E-state index contributed by atoms with van der Waals surface area (Å²) in [7, 11) is 1.88. The third-order valence-electron chi connectivity index (χ3n) is 2.83. The van der Waals surface area contributed by atoms with Crippen molar-refractivity contribution in [2.24, 2.45) is 0 Å². The molecule has 2 heterocycles. The second kappa shape index (κ2) is 4.26. The molecule has 0 aromatic carbocycles. The van der Waals surface area contributed by atoms with Gasteiger partial charge in [0.15, 0.2) is 0 Å². The quantitative estimate of drug-likeness (QED) is 0.825. The standard InChI is InChI=1S/C10H15N3OS/c1-7-9(5-11-12-7)10(14)13(2)8-3-4-15-6-8/h5,8H,3-4,6H2,1-2H3,(H,11,12). The van der Waals surface area contributed by atoms with Crippen molar-refractivity contribution in [2.45, 2.75) is 19.4 Å². The minimum absolute atomic E-state index is 0.0775. The summed E-state index contributed by atoms with van der Waals surface area (Å²) in [6.07, 6.45) is 2.71. The first-order valence-electron chi connectivity index (χ1n) is 5.05. The molecule has 1 aromatic rings. The highest BCUT2D eigenvalue weighted by atomic mass is 32.2. The average Bonchev–Trinajstić information content (AvgIpc) is 2.85. The maximum atomic E-state index is 12.1. The second-order valence-electron chi connectivity index (χ2n) is 3.84. The predicted molar refractivity (Wildman–Crippen MR) is 61.1 cm³/mol. The molecule has 5 heteroatoms. The average molecular weight is 225 g/mol. The highest BCUT2D eigenvalue weighted by Crippen LogP contribution is 2.22. The van der Waals surface area contributed by atoms with Gasteiger partial charge in [0.25, 0.3) is 5.91 Å². The van der Waals surface area contributed by atoms with E-state index in [4.69, 9.17) is 0 Å². The van der Waals surface area contributed by atoms with Crippen molar-refractivity contribution in [1.82, 2.24) is 15.1 Å². The van der Waals surface area contributed by atoms with Gasteiger partial charge < -0.3 is 4.90 Å². The molecule has 4 nitrogen and oxygen atoms in total. The molecule has 1 amide bonds. The summed E-state index contributed by atoms with van der Waals surface area (Å²) in [5.74, 6) is 2.29. The van der Waals surface area contributed by atoms with Gasteiger partial charge in [0.2, 0.25) is 0 Å². The third kappa shape index (κ3) is 2.02. The lowest BCUT2D eigenvalue weighted by Gasteiger charge is -2.23. The van der Waals surface area contributed by atoms with E-state index in [1.165, 1.54) is 0 Å². The molecule has 1 saturated heterocycles. The summed E-state index contributed by atoms with van der Waals surface area (Å²) in [5, 5.41) is 6.67. The maximum Gasteiger partial charge on any atom is 0.257 e. The first-order valence-corrected chi connectivity index (χ1v) is 6.20. The topological polar surface area (TPSA) is 49.0 Å². The first-order chi connectivity index (χ1) is 7.20. The molecule has 0 aliphatic carbocycles. The number of aryl methyl sites for hydroxylation is 1. The van der Waals surface area contributed by atoms with Gasteiger partial charge in [0.1, 0.15) is 0 Å². The molecular weight excluding hydrogens is 210 g/mol. The maximum absolute atomic E-state index is 12.1. The highest BCUT2D eigenvalue weighted by molar-refractivity contribution is 7.99.